The quantitative estimate of drug-likeness (QED) is 0.781. The molecule has 0 aliphatic rings. The molecule has 0 fully saturated rings. The number of halogens is 3. The van der Waals surface area contributed by atoms with Crippen molar-refractivity contribution in [2.45, 2.75) is 19.1 Å². The molecule has 102 valence electrons. The summed E-state index contributed by atoms with van der Waals surface area (Å²) in [7, 11) is 0. The normalized spacial score (nSPS) is 14.2. The first kappa shape index (κ1) is 14.9. The maximum absolute atomic E-state index is 6.11. The van der Waals surface area contributed by atoms with Crippen molar-refractivity contribution in [1.82, 2.24) is 0 Å². The fraction of sp³-hybridized carbons (Fsp3) is 0.231. The largest absolute Gasteiger partial charge is 0.482 e. The highest BCUT2D eigenvalue weighted by molar-refractivity contribution is 7.10. The number of ether oxygens (including phenoxy) is 1. The number of hydrogen-bond acceptors (Lipinski definition) is 3. The van der Waals surface area contributed by atoms with Crippen molar-refractivity contribution in [3.63, 3.8) is 0 Å². The maximum Gasteiger partial charge on any atom is 0.148 e. The highest BCUT2D eigenvalue weighted by atomic mass is 35.5. The van der Waals surface area contributed by atoms with E-state index in [1.165, 1.54) is 0 Å². The third-order valence-corrected chi connectivity index (χ3v) is 4.48. The maximum atomic E-state index is 6.11. The molecule has 0 aliphatic heterocycles. The van der Waals surface area contributed by atoms with Gasteiger partial charge in [0.2, 0.25) is 0 Å². The summed E-state index contributed by atoms with van der Waals surface area (Å²) in [5.41, 5.74) is 5.97. The second-order valence-corrected chi connectivity index (χ2v) is 6.31. The number of benzene rings is 1. The number of hydrogen-bond donors (Lipinski definition) is 1. The number of nitrogens with two attached hydrogens (primary N) is 1. The summed E-state index contributed by atoms with van der Waals surface area (Å²) in [6.45, 7) is 1.88. The molecule has 2 N–H and O–H groups in total. The monoisotopic (exact) mass is 335 g/mol. The Balaban J connectivity index is 2.30. The topological polar surface area (TPSA) is 35.2 Å². The average Bonchev–Trinajstić information content (AvgIpc) is 2.85. The third kappa shape index (κ3) is 3.56. The van der Waals surface area contributed by atoms with Gasteiger partial charge in [0.05, 0.1) is 15.1 Å². The first-order valence-electron chi connectivity index (χ1n) is 5.59. The summed E-state index contributed by atoms with van der Waals surface area (Å²) in [4.78, 5) is 1.04. The van der Waals surface area contributed by atoms with Gasteiger partial charge in [0.1, 0.15) is 11.9 Å². The third-order valence-electron chi connectivity index (χ3n) is 2.53. The Hall–Kier alpha value is -0.450. The first-order valence-corrected chi connectivity index (χ1v) is 7.60. The lowest BCUT2D eigenvalue weighted by Crippen LogP contribution is -2.28. The zero-order valence-electron chi connectivity index (χ0n) is 10.1. The number of rotatable bonds is 4. The summed E-state index contributed by atoms with van der Waals surface area (Å²) in [6.07, 6.45) is -0.269. The molecule has 0 radical (unpaired) electrons. The van der Waals surface area contributed by atoms with Gasteiger partial charge in [-0.05, 0) is 24.4 Å². The SMILES string of the molecule is CC(N)C(Oc1cc(Cl)c(Cl)cc1Cl)c1cccs1. The van der Waals surface area contributed by atoms with Crippen molar-refractivity contribution in [2.24, 2.45) is 5.73 Å². The van der Waals surface area contributed by atoms with Crippen LogP contribution in [-0.4, -0.2) is 6.04 Å². The van der Waals surface area contributed by atoms with Gasteiger partial charge in [-0.15, -0.1) is 11.3 Å². The molecule has 0 aliphatic carbocycles. The Morgan fingerprint density at radius 1 is 1.16 bits per heavy atom. The van der Waals surface area contributed by atoms with E-state index in [2.05, 4.69) is 0 Å². The Kier molecular flexibility index (Phi) is 4.98. The predicted octanol–water partition coefficient (Wildman–Crippen LogP) is 5.18. The van der Waals surface area contributed by atoms with Crippen LogP contribution in [-0.2, 0) is 0 Å². The van der Waals surface area contributed by atoms with Crippen LogP contribution in [0.2, 0.25) is 15.1 Å². The molecule has 6 heteroatoms. The standard InChI is InChI=1S/C13H12Cl3NOS/c1-7(17)13(12-3-2-4-19-12)18-11-6-9(15)8(14)5-10(11)16/h2-7,13H,17H2,1H3. The molecule has 2 atom stereocenters. The smallest absolute Gasteiger partial charge is 0.148 e. The van der Waals surface area contributed by atoms with Crippen LogP contribution in [0.25, 0.3) is 0 Å². The van der Waals surface area contributed by atoms with Crippen molar-refractivity contribution < 1.29 is 4.74 Å². The van der Waals surface area contributed by atoms with Crippen molar-refractivity contribution in [1.29, 1.82) is 0 Å². The van der Waals surface area contributed by atoms with E-state index in [4.69, 9.17) is 45.3 Å². The van der Waals surface area contributed by atoms with Gasteiger partial charge in [-0.25, -0.2) is 0 Å². The first-order chi connectivity index (χ1) is 8.99. The Morgan fingerprint density at radius 2 is 1.84 bits per heavy atom. The summed E-state index contributed by atoms with van der Waals surface area (Å²) >= 11 is 19.6. The Bertz CT molecular complexity index is 557. The van der Waals surface area contributed by atoms with E-state index in [9.17, 15) is 0 Å². The van der Waals surface area contributed by atoms with Gasteiger partial charge in [0, 0.05) is 17.0 Å². The molecule has 2 aromatic rings. The molecular formula is C13H12Cl3NOS. The Morgan fingerprint density at radius 3 is 2.42 bits per heavy atom. The summed E-state index contributed by atoms with van der Waals surface area (Å²) < 4.78 is 5.90. The van der Waals surface area contributed by atoms with Gasteiger partial charge in [-0.2, -0.15) is 0 Å². The van der Waals surface area contributed by atoms with E-state index in [1.807, 2.05) is 24.4 Å². The molecule has 2 unspecified atom stereocenters. The van der Waals surface area contributed by atoms with Gasteiger partial charge in [0.25, 0.3) is 0 Å². The van der Waals surface area contributed by atoms with Crippen LogP contribution in [0, 0.1) is 0 Å². The second kappa shape index (κ2) is 6.33. The van der Waals surface area contributed by atoms with Crippen LogP contribution in [0.1, 0.15) is 17.9 Å². The van der Waals surface area contributed by atoms with Crippen LogP contribution >= 0.6 is 46.1 Å². The van der Waals surface area contributed by atoms with Crippen molar-refractivity contribution >= 4 is 46.1 Å². The van der Waals surface area contributed by atoms with E-state index in [0.717, 1.165) is 4.88 Å². The molecule has 0 spiro atoms. The average molecular weight is 337 g/mol. The molecule has 0 saturated heterocycles. The molecular weight excluding hydrogens is 325 g/mol. The van der Waals surface area contributed by atoms with Crippen molar-refractivity contribution in [2.75, 3.05) is 0 Å². The zero-order chi connectivity index (χ0) is 14.0. The molecule has 19 heavy (non-hydrogen) atoms. The second-order valence-electron chi connectivity index (χ2n) is 4.11. The predicted molar refractivity (Wildman–Crippen MR) is 82.8 cm³/mol. The van der Waals surface area contributed by atoms with Crippen LogP contribution < -0.4 is 10.5 Å². The molecule has 0 saturated carbocycles. The van der Waals surface area contributed by atoms with Crippen LogP contribution in [0.3, 0.4) is 0 Å². The molecule has 2 nitrogen and oxygen atoms in total. The minimum Gasteiger partial charge on any atom is -0.482 e. The summed E-state index contributed by atoms with van der Waals surface area (Å²) in [6, 6.07) is 6.92. The van der Waals surface area contributed by atoms with E-state index >= 15 is 0 Å². The van der Waals surface area contributed by atoms with E-state index in [0.29, 0.717) is 20.8 Å². The minimum absolute atomic E-state index is 0.177. The highest BCUT2D eigenvalue weighted by Gasteiger charge is 2.21. The van der Waals surface area contributed by atoms with Gasteiger partial charge in [0.15, 0.2) is 0 Å². The molecule has 1 heterocycles. The molecule has 0 bridgehead atoms. The van der Waals surface area contributed by atoms with Crippen LogP contribution in [0.15, 0.2) is 29.6 Å². The zero-order valence-corrected chi connectivity index (χ0v) is 13.2. The van der Waals surface area contributed by atoms with E-state index in [1.54, 1.807) is 23.5 Å². The molecule has 0 amide bonds. The lowest BCUT2D eigenvalue weighted by atomic mass is 10.1. The lowest BCUT2D eigenvalue weighted by molar-refractivity contribution is 0.184. The fourth-order valence-electron chi connectivity index (χ4n) is 1.61. The van der Waals surface area contributed by atoms with E-state index in [-0.39, 0.29) is 12.1 Å². The molecule has 1 aromatic carbocycles. The van der Waals surface area contributed by atoms with E-state index < -0.39 is 0 Å². The van der Waals surface area contributed by atoms with Crippen molar-refractivity contribution in [3.05, 3.63) is 49.6 Å². The minimum atomic E-state index is -0.269. The molecule has 2 rings (SSSR count). The molecule has 1 aromatic heterocycles. The van der Waals surface area contributed by atoms with Crippen molar-refractivity contribution in [3.8, 4) is 5.75 Å². The summed E-state index contributed by atoms with van der Waals surface area (Å²) in [5.74, 6) is 0.478. The van der Waals surface area contributed by atoms with Crippen LogP contribution in [0.5, 0.6) is 5.75 Å². The lowest BCUT2D eigenvalue weighted by Gasteiger charge is -2.22. The van der Waals surface area contributed by atoms with Gasteiger partial charge in [-0.1, -0.05) is 40.9 Å². The van der Waals surface area contributed by atoms with Gasteiger partial charge in [-0.3, -0.25) is 0 Å². The van der Waals surface area contributed by atoms with Crippen LogP contribution in [0.4, 0.5) is 0 Å². The fourth-order valence-corrected chi connectivity index (χ4v) is 3.06. The highest BCUT2D eigenvalue weighted by Crippen LogP contribution is 2.37. The number of thiophene rings is 1. The van der Waals surface area contributed by atoms with Gasteiger partial charge >= 0.3 is 0 Å². The van der Waals surface area contributed by atoms with Gasteiger partial charge < -0.3 is 10.5 Å². The summed E-state index contributed by atoms with van der Waals surface area (Å²) in [5, 5.41) is 3.18. The Labute approximate surface area is 131 Å².